The number of fused-ring (bicyclic) bond motifs is 1. The van der Waals surface area contributed by atoms with Gasteiger partial charge in [0.15, 0.2) is 5.78 Å². The van der Waals surface area contributed by atoms with Gasteiger partial charge in [0, 0.05) is 43.6 Å². The first kappa shape index (κ1) is 19.8. The highest BCUT2D eigenvalue weighted by Crippen LogP contribution is 2.30. The zero-order chi connectivity index (χ0) is 20.1. The number of carbonyl (C=O) groups is 2. The highest BCUT2D eigenvalue weighted by Gasteiger charge is 2.38. The molecule has 0 aliphatic carbocycles. The van der Waals surface area contributed by atoms with Crippen LogP contribution in [0.5, 0.6) is 0 Å². The molecule has 2 aliphatic rings. The average molecular weight is 392 g/mol. The maximum absolute atomic E-state index is 12.3. The second kappa shape index (κ2) is 9.33. The molecule has 0 saturated carbocycles. The Bertz CT molecular complexity index is 825. The molecule has 3 atom stereocenters. The Morgan fingerprint density at radius 2 is 1.69 bits per heavy atom. The number of nitrogens with one attached hydrogen (secondary N) is 1. The van der Waals surface area contributed by atoms with E-state index in [2.05, 4.69) is 22.3 Å². The van der Waals surface area contributed by atoms with Crippen molar-refractivity contribution in [3.63, 3.8) is 0 Å². The summed E-state index contributed by atoms with van der Waals surface area (Å²) in [6.07, 6.45) is 2.41. The van der Waals surface area contributed by atoms with Gasteiger partial charge in [-0.2, -0.15) is 0 Å². The monoisotopic (exact) mass is 392 g/mol. The first-order valence-electron chi connectivity index (χ1n) is 10.5. The molecule has 2 saturated heterocycles. The molecular weight excluding hydrogens is 364 g/mol. The number of morpholine rings is 1. The van der Waals surface area contributed by atoms with Crippen molar-refractivity contribution in [1.82, 2.24) is 10.2 Å². The molecule has 1 N–H and O–H groups in total. The van der Waals surface area contributed by atoms with Crippen molar-refractivity contribution >= 4 is 11.7 Å². The third-order valence-electron chi connectivity index (χ3n) is 5.86. The lowest BCUT2D eigenvalue weighted by Gasteiger charge is -2.35. The molecule has 2 aromatic carbocycles. The highest BCUT2D eigenvalue weighted by atomic mass is 16.5. The average Bonchev–Trinajstić information content (AvgIpc) is 3.16. The van der Waals surface area contributed by atoms with Crippen LogP contribution in [0.1, 0.15) is 47.7 Å². The smallest absolute Gasteiger partial charge is 0.220 e. The highest BCUT2D eigenvalue weighted by molar-refractivity contribution is 5.96. The van der Waals surface area contributed by atoms with E-state index < -0.39 is 0 Å². The van der Waals surface area contributed by atoms with E-state index in [1.165, 1.54) is 5.56 Å². The summed E-state index contributed by atoms with van der Waals surface area (Å²) >= 11 is 0. The summed E-state index contributed by atoms with van der Waals surface area (Å²) in [7, 11) is 0. The molecule has 0 aromatic heterocycles. The van der Waals surface area contributed by atoms with E-state index in [0.717, 1.165) is 19.5 Å². The minimum Gasteiger partial charge on any atom is -0.371 e. The van der Waals surface area contributed by atoms with E-state index in [4.69, 9.17) is 4.74 Å². The Morgan fingerprint density at radius 1 is 0.966 bits per heavy atom. The quantitative estimate of drug-likeness (QED) is 0.734. The molecule has 0 radical (unpaired) electrons. The number of carbonyl (C=O) groups excluding carboxylic acids is 2. The van der Waals surface area contributed by atoms with Crippen LogP contribution in [0.25, 0.3) is 0 Å². The summed E-state index contributed by atoms with van der Waals surface area (Å²) in [5.41, 5.74) is 1.93. The lowest BCUT2D eigenvalue weighted by Crippen LogP contribution is -2.43. The summed E-state index contributed by atoms with van der Waals surface area (Å²) in [4.78, 5) is 26.9. The van der Waals surface area contributed by atoms with Crippen LogP contribution in [0.2, 0.25) is 0 Å². The van der Waals surface area contributed by atoms with Crippen LogP contribution >= 0.6 is 0 Å². The summed E-state index contributed by atoms with van der Waals surface area (Å²) in [5.74, 6) is 0.136. The van der Waals surface area contributed by atoms with Gasteiger partial charge in [0.25, 0.3) is 0 Å². The molecule has 2 fully saturated rings. The van der Waals surface area contributed by atoms with Gasteiger partial charge < -0.3 is 10.1 Å². The van der Waals surface area contributed by atoms with Crippen molar-refractivity contribution in [3.8, 4) is 0 Å². The number of nitrogens with zero attached hydrogens (tertiary/aromatic N) is 1. The van der Waals surface area contributed by atoms with Crippen molar-refractivity contribution in [2.75, 3.05) is 19.7 Å². The van der Waals surface area contributed by atoms with Crippen molar-refractivity contribution in [2.45, 2.75) is 43.9 Å². The largest absolute Gasteiger partial charge is 0.371 e. The molecule has 4 rings (SSSR count). The second-order valence-electron chi connectivity index (χ2n) is 7.98. The molecular formula is C24H28N2O3. The first-order chi connectivity index (χ1) is 14.2. The van der Waals surface area contributed by atoms with Gasteiger partial charge in [-0.3, -0.25) is 14.5 Å². The van der Waals surface area contributed by atoms with E-state index in [1.54, 1.807) is 0 Å². The fraction of sp³-hybridized carbons (Fsp3) is 0.417. The molecule has 2 heterocycles. The van der Waals surface area contributed by atoms with Crippen molar-refractivity contribution in [1.29, 1.82) is 0 Å². The van der Waals surface area contributed by atoms with Crippen molar-refractivity contribution in [2.24, 2.45) is 0 Å². The Labute approximate surface area is 172 Å². The van der Waals surface area contributed by atoms with Crippen LogP contribution in [-0.4, -0.2) is 48.4 Å². The van der Waals surface area contributed by atoms with Gasteiger partial charge in [0.1, 0.15) is 0 Å². The molecule has 5 nitrogen and oxygen atoms in total. The molecule has 1 amide bonds. The summed E-state index contributed by atoms with van der Waals surface area (Å²) in [5, 5.41) is 3.16. The Hall–Kier alpha value is -2.50. The molecule has 2 aromatic rings. The fourth-order valence-electron chi connectivity index (χ4n) is 4.33. The minimum atomic E-state index is 0.0382. The number of benzene rings is 2. The van der Waals surface area contributed by atoms with Gasteiger partial charge in [-0.05, 0) is 18.4 Å². The van der Waals surface area contributed by atoms with E-state index in [-0.39, 0.29) is 23.8 Å². The van der Waals surface area contributed by atoms with Gasteiger partial charge in [-0.25, -0.2) is 0 Å². The summed E-state index contributed by atoms with van der Waals surface area (Å²) < 4.78 is 6.07. The molecule has 0 spiro atoms. The Kier molecular flexibility index (Phi) is 6.37. The zero-order valence-corrected chi connectivity index (χ0v) is 16.6. The molecule has 29 heavy (non-hydrogen) atoms. The predicted octanol–water partition coefficient (Wildman–Crippen LogP) is 3.37. The van der Waals surface area contributed by atoms with E-state index in [0.29, 0.717) is 37.5 Å². The van der Waals surface area contributed by atoms with Gasteiger partial charge >= 0.3 is 0 Å². The van der Waals surface area contributed by atoms with E-state index >= 15 is 0 Å². The normalized spacial score (nSPS) is 24.1. The molecule has 0 bridgehead atoms. The third kappa shape index (κ3) is 5.11. The first-order valence-corrected chi connectivity index (χ1v) is 10.5. The predicted molar refractivity (Wildman–Crippen MR) is 112 cm³/mol. The number of amides is 1. The molecule has 2 aliphatic heterocycles. The maximum Gasteiger partial charge on any atom is 0.220 e. The van der Waals surface area contributed by atoms with Gasteiger partial charge in [0.05, 0.1) is 12.7 Å². The fourth-order valence-corrected chi connectivity index (χ4v) is 4.33. The lowest BCUT2D eigenvalue weighted by molar-refractivity contribution is -0.121. The van der Waals surface area contributed by atoms with Crippen molar-refractivity contribution in [3.05, 3.63) is 71.8 Å². The van der Waals surface area contributed by atoms with Crippen LogP contribution in [0, 0.1) is 0 Å². The third-order valence-corrected chi connectivity index (χ3v) is 5.86. The van der Waals surface area contributed by atoms with E-state index in [1.807, 2.05) is 48.5 Å². The maximum atomic E-state index is 12.3. The Balaban J connectivity index is 1.20. The molecule has 5 heteroatoms. The second-order valence-corrected chi connectivity index (χ2v) is 7.98. The van der Waals surface area contributed by atoms with Crippen LogP contribution in [-0.2, 0) is 9.53 Å². The van der Waals surface area contributed by atoms with Crippen LogP contribution in [0.4, 0.5) is 0 Å². The van der Waals surface area contributed by atoms with E-state index in [9.17, 15) is 9.59 Å². The standard InChI is InChI=1S/C24H28N2O3/c27-22(18-8-3-1-4-9-18)12-7-13-24(28)25-20-14-21-17-29-23(16-26(21)15-20)19-10-5-2-6-11-19/h1-6,8-11,20-21,23H,7,12-17H2,(H,25,28)/t20-,21-,23+/m0/s1. The number of hydrogen-bond acceptors (Lipinski definition) is 4. The van der Waals surface area contributed by atoms with Crippen LogP contribution in [0.3, 0.4) is 0 Å². The lowest BCUT2D eigenvalue weighted by atomic mass is 10.1. The molecule has 0 unspecified atom stereocenters. The number of hydrogen-bond donors (Lipinski definition) is 1. The number of ketones is 1. The minimum absolute atomic E-state index is 0.0382. The number of rotatable bonds is 7. The SMILES string of the molecule is O=C(CCCC(=O)c1ccccc1)N[C@H]1C[C@H]2CO[C@@H](c3ccccc3)CN2C1. The number of ether oxygens (including phenoxy) is 1. The zero-order valence-electron chi connectivity index (χ0n) is 16.6. The Morgan fingerprint density at radius 3 is 2.45 bits per heavy atom. The van der Waals surface area contributed by atoms with Crippen LogP contribution in [0.15, 0.2) is 60.7 Å². The summed E-state index contributed by atoms with van der Waals surface area (Å²) in [6.45, 7) is 2.44. The summed E-state index contributed by atoms with van der Waals surface area (Å²) in [6, 6.07) is 20.1. The van der Waals surface area contributed by atoms with Gasteiger partial charge in [-0.15, -0.1) is 0 Å². The van der Waals surface area contributed by atoms with Gasteiger partial charge in [-0.1, -0.05) is 60.7 Å². The number of Topliss-reactive ketones (excluding diaryl/α,β-unsaturated/α-hetero) is 1. The van der Waals surface area contributed by atoms with Gasteiger partial charge in [0.2, 0.25) is 5.91 Å². The van der Waals surface area contributed by atoms with Crippen molar-refractivity contribution < 1.29 is 14.3 Å². The van der Waals surface area contributed by atoms with Crippen LogP contribution < -0.4 is 5.32 Å². The molecule has 152 valence electrons. The topological polar surface area (TPSA) is 58.6 Å².